The van der Waals surface area contributed by atoms with Crippen LogP contribution in [0.2, 0.25) is 0 Å². The molecule has 0 radical (unpaired) electrons. The molecule has 1 unspecified atom stereocenters. The van der Waals surface area contributed by atoms with Crippen LogP contribution >= 0.6 is 24.0 Å². The van der Waals surface area contributed by atoms with Crippen LogP contribution < -0.4 is 15.4 Å². The summed E-state index contributed by atoms with van der Waals surface area (Å²) in [5.41, 5.74) is 0. The van der Waals surface area contributed by atoms with E-state index in [0.29, 0.717) is 19.1 Å². The molecular weight excluding hydrogens is 409 g/mol. The number of methoxy groups -OCH3 is 1. The summed E-state index contributed by atoms with van der Waals surface area (Å²) >= 11 is 0. The van der Waals surface area contributed by atoms with E-state index in [1.165, 1.54) is 7.11 Å². The SMILES string of the molecule is CN=C(NCCCOc1ccccc1)NCC(C)C(=O)OC.I. The summed E-state index contributed by atoms with van der Waals surface area (Å²) in [5.74, 6) is 1.08. The number of rotatable bonds is 8. The zero-order valence-corrected chi connectivity index (χ0v) is 16.2. The van der Waals surface area contributed by atoms with Gasteiger partial charge < -0.3 is 20.1 Å². The molecule has 0 aromatic heterocycles. The summed E-state index contributed by atoms with van der Waals surface area (Å²) in [6, 6.07) is 9.72. The number of guanidine groups is 1. The molecule has 0 amide bonds. The van der Waals surface area contributed by atoms with Crippen molar-refractivity contribution >= 4 is 35.9 Å². The van der Waals surface area contributed by atoms with Crippen molar-refractivity contribution in [1.82, 2.24) is 10.6 Å². The van der Waals surface area contributed by atoms with E-state index in [2.05, 4.69) is 20.4 Å². The predicted molar refractivity (Wildman–Crippen MR) is 103 cm³/mol. The van der Waals surface area contributed by atoms with Crippen LogP contribution in [0, 0.1) is 5.92 Å². The number of nitrogens with one attached hydrogen (secondary N) is 2. The van der Waals surface area contributed by atoms with Gasteiger partial charge in [-0.15, -0.1) is 24.0 Å². The van der Waals surface area contributed by atoms with Gasteiger partial charge in [0.05, 0.1) is 19.6 Å². The van der Waals surface area contributed by atoms with E-state index >= 15 is 0 Å². The van der Waals surface area contributed by atoms with E-state index in [-0.39, 0.29) is 35.9 Å². The Morgan fingerprint density at radius 2 is 1.96 bits per heavy atom. The maximum atomic E-state index is 11.3. The van der Waals surface area contributed by atoms with Crippen molar-refractivity contribution < 1.29 is 14.3 Å². The van der Waals surface area contributed by atoms with E-state index in [9.17, 15) is 4.79 Å². The second kappa shape index (κ2) is 13.0. The van der Waals surface area contributed by atoms with Crippen LogP contribution in [0.15, 0.2) is 35.3 Å². The van der Waals surface area contributed by atoms with Crippen LogP contribution in [0.3, 0.4) is 0 Å². The second-order valence-electron chi connectivity index (χ2n) is 4.82. The Bertz CT molecular complexity index is 469. The van der Waals surface area contributed by atoms with E-state index in [1.54, 1.807) is 14.0 Å². The highest BCUT2D eigenvalue weighted by Crippen LogP contribution is 2.07. The van der Waals surface area contributed by atoms with Gasteiger partial charge in [-0.1, -0.05) is 25.1 Å². The van der Waals surface area contributed by atoms with Crippen molar-refractivity contribution in [3.05, 3.63) is 30.3 Å². The van der Waals surface area contributed by atoms with Crippen molar-refractivity contribution in [3.8, 4) is 5.75 Å². The first-order valence-corrected chi connectivity index (χ1v) is 7.37. The molecule has 0 saturated heterocycles. The number of para-hydroxylation sites is 1. The molecule has 7 heteroatoms. The van der Waals surface area contributed by atoms with Crippen molar-refractivity contribution in [1.29, 1.82) is 0 Å². The van der Waals surface area contributed by atoms with Crippen molar-refractivity contribution in [3.63, 3.8) is 0 Å². The highest BCUT2D eigenvalue weighted by atomic mass is 127. The minimum absolute atomic E-state index is 0. The summed E-state index contributed by atoms with van der Waals surface area (Å²) in [4.78, 5) is 15.4. The Morgan fingerprint density at radius 1 is 1.26 bits per heavy atom. The average Bonchev–Trinajstić information content (AvgIpc) is 2.57. The zero-order valence-electron chi connectivity index (χ0n) is 13.9. The van der Waals surface area contributed by atoms with Crippen molar-refractivity contribution in [2.24, 2.45) is 10.9 Å². The molecule has 2 N–H and O–H groups in total. The number of esters is 1. The average molecular weight is 435 g/mol. The number of benzene rings is 1. The van der Waals surface area contributed by atoms with Crippen LogP contribution in [-0.2, 0) is 9.53 Å². The Hall–Kier alpha value is -1.51. The monoisotopic (exact) mass is 435 g/mol. The summed E-state index contributed by atoms with van der Waals surface area (Å²) in [6.07, 6.45) is 0.849. The van der Waals surface area contributed by atoms with Crippen molar-refractivity contribution in [2.45, 2.75) is 13.3 Å². The van der Waals surface area contributed by atoms with E-state index < -0.39 is 0 Å². The maximum Gasteiger partial charge on any atom is 0.310 e. The van der Waals surface area contributed by atoms with Gasteiger partial charge in [0.15, 0.2) is 5.96 Å². The van der Waals surface area contributed by atoms with Crippen LogP contribution in [0.25, 0.3) is 0 Å². The molecule has 0 saturated carbocycles. The minimum atomic E-state index is -0.237. The fraction of sp³-hybridized carbons (Fsp3) is 0.500. The molecule has 0 aliphatic heterocycles. The molecular formula is C16H26IN3O3. The van der Waals surface area contributed by atoms with Gasteiger partial charge in [-0.2, -0.15) is 0 Å². The first kappa shape index (κ1) is 21.5. The van der Waals surface area contributed by atoms with E-state index in [1.807, 2.05) is 30.3 Å². The number of nitrogens with zero attached hydrogens (tertiary/aromatic N) is 1. The van der Waals surface area contributed by atoms with E-state index in [0.717, 1.165) is 18.7 Å². The third-order valence-corrected chi connectivity index (χ3v) is 3.03. The lowest BCUT2D eigenvalue weighted by molar-refractivity contribution is -0.144. The molecule has 1 atom stereocenters. The molecule has 23 heavy (non-hydrogen) atoms. The number of ether oxygens (including phenoxy) is 2. The zero-order chi connectivity index (χ0) is 16.2. The molecule has 1 rings (SSSR count). The summed E-state index contributed by atoms with van der Waals surface area (Å²) in [7, 11) is 3.08. The quantitative estimate of drug-likeness (QED) is 0.215. The van der Waals surface area contributed by atoms with Gasteiger partial charge in [-0.25, -0.2) is 0 Å². The lowest BCUT2D eigenvalue weighted by Crippen LogP contribution is -2.41. The molecule has 1 aromatic carbocycles. The van der Waals surface area contributed by atoms with Gasteiger partial charge in [0.2, 0.25) is 0 Å². The smallest absolute Gasteiger partial charge is 0.310 e. The third kappa shape index (κ3) is 9.27. The molecule has 0 aliphatic carbocycles. The number of carbonyl (C=O) groups is 1. The molecule has 0 bridgehead atoms. The third-order valence-electron chi connectivity index (χ3n) is 3.03. The molecule has 0 aliphatic rings. The van der Waals surface area contributed by atoms with Crippen LogP contribution in [-0.4, -0.2) is 45.8 Å². The normalized spacial score (nSPS) is 11.9. The number of halogens is 1. The van der Waals surface area contributed by atoms with Gasteiger partial charge in [-0.05, 0) is 18.6 Å². The van der Waals surface area contributed by atoms with Gasteiger partial charge in [0.1, 0.15) is 5.75 Å². The van der Waals surface area contributed by atoms with E-state index in [4.69, 9.17) is 4.74 Å². The van der Waals surface area contributed by atoms with Crippen LogP contribution in [0.4, 0.5) is 0 Å². The second-order valence-corrected chi connectivity index (χ2v) is 4.82. The molecule has 6 nitrogen and oxygen atoms in total. The van der Waals surface area contributed by atoms with Crippen molar-refractivity contribution in [2.75, 3.05) is 33.9 Å². The van der Waals surface area contributed by atoms with Crippen LogP contribution in [0.1, 0.15) is 13.3 Å². The number of aliphatic imine (C=N–C) groups is 1. The molecule has 0 fully saturated rings. The summed E-state index contributed by atoms with van der Waals surface area (Å²) < 4.78 is 10.3. The predicted octanol–water partition coefficient (Wildman–Crippen LogP) is 2.05. The molecule has 130 valence electrons. The highest BCUT2D eigenvalue weighted by Gasteiger charge is 2.12. The highest BCUT2D eigenvalue weighted by molar-refractivity contribution is 14.0. The Labute approximate surface area is 155 Å². The van der Waals surface area contributed by atoms with Crippen LogP contribution in [0.5, 0.6) is 5.75 Å². The maximum absolute atomic E-state index is 11.3. The first-order valence-electron chi connectivity index (χ1n) is 7.37. The molecule has 0 heterocycles. The minimum Gasteiger partial charge on any atom is -0.494 e. The Balaban J connectivity index is 0.00000484. The molecule has 0 spiro atoms. The lowest BCUT2D eigenvalue weighted by atomic mass is 10.2. The summed E-state index contributed by atoms with van der Waals surface area (Å²) in [5, 5.41) is 6.27. The Kier molecular flexibility index (Phi) is 12.1. The van der Waals surface area contributed by atoms with Gasteiger partial charge >= 0.3 is 5.97 Å². The fourth-order valence-electron chi connectivity index (χ4n) is 1.74. The van der Waals surface area contributed by atoms with Gasteiger partial charge in [0.25, 0.3) is 0 Å². The lowest BCUT2D eigenvalue weighted by Gasteiger charge is -2.14. The fourth-order valence-corrected chi connectivity index (χ4v) is 1.74. The first-order chi connectivity index (χ1) is 10.7. The Morgan fingerprint density at radius 3 is 2.57 bits per heavy atom. The number of hydrogen-bond donors (Lipinski definition) is 2. The number of carbonyl (C=O) groups excluding carboxylic acids is 1. The topological polar surface area (TPSA) is 72.0 Å². The van der Waals surface area contributed by atoms with Gasteiger partial charge in [0, 0.05) is 20.1 Å². The number of hydrogen-bond acceptors (Lipinski definition) is 4. The summed E-state index contributed by atoms with van der Waals surface area (Å²) in [6.45, 7) is 3.65. The largest absolute Gasteiger partial charge is 0.494 e. The van der Waals surface area contributed by atoms with Gasteiger partial charge in [-0.3, -0.25) is 9.79 Å². The molecule has 1 aromatic rings. The standard InChI is InChI=1S/C16H25N3O3.HI/c1-13(15(20)21-3)12-19-16(17-2)18-10-7-11-22-14-8-5-4-6-9-14;/h4-6,8-9,13H,7,10-12H2,1-3H3,(H2,17,18,19);1H.